The summed E-state index contributed by atoms with van der Waals surface area (Å²) in [5, 5.41) is 0. The molecule has 4 rings (SSSR count). The molecule has 0 amide bonds. The predicted molar refractivity (Wildman–Crippen MR) is 98.7 cm³/mol. The molecule has 0 fully saturated rings. The Bertz CT molecular complexity index is 953. The molecule has 0 bridgehead atoms. The van der Waals surface area contributed by atoms with Crippen LogP contribution in [0.4, 0.5) is 13.2 Å². The van der Waals surface area contributed by atoms with E-state index in [1.165, 1.54) is 12.1 Å². The van der Waals surface area contributed by atoms with Crippen LogP contribution < -0.4 is 4.57 Å². The van der Waals surface area contributed by atoms with Crippen molar-refractivity contribution in [2.24, 2.45) is 0 Å². The van der Waals surface area contributed by atoms with Crippen molar-refractivity contribution in [3.05, 3.63) is 71.7 Å². The van der Waals surface area contributed by atoms with Crippen LogP contribution >= 0.6 is 0 Å². The zero-order chi connectivity index (χ0) is 19.0. The fourth-order valence-corrected chi connectivity index (χ4v) is 3.78. The maximum Gasteiger partial charge on any atom is 0.416 e. The maximum absolute atomic E-state index is 13.3. The van der Waals surface area contributed by atoms with Crippen molar-refractivity contribution in [1.82, 2.24) is 4.57 Å². The van der Waals surface area contributed by atoms with E-state index >= 15 is 0 Å². The molecule has 0 spiro atoms. The number of alkyl halides is 3. The summed E-state index contributed by atoms with van der Waals surface area (Å²) in [5.41, 5.74) is 3.06. The molecule has 0 saturated carbocycles. The van der Waals surface area contributed by atoms with Gasteiger partial charge in [0.15, 0.2) is 5.69 Å². The second-order valence-electron chi connectivity index (χ2n) is 7.18. The van der Waals surface area contributed by atoms with Gasteiger partial charge in [0, 0.05) is 12.0 Å². The van der Waals surface area contributed by atoms with E-state index in [1.54, 1.807) is 6.07 Å². The smallest absolute Gasteiger partial charge is 0.233 e. The van der Waals surface area contributed by atoms with E-state index < -0.39 is 11.7 Å². The number of benzene rings is 2. The Kier molecular flexibility index (Phi) is 4.54. The molecule has 140 valence electrons. The third-order valence-corrected chi connectivity index (χ3v) is 5.19. The van der Waals surface area contributed by atoms with Crippen LogP contribution in [0.1, 0.15) is 36.2 Å². The Hall–Kier alpha value is -2.56. The van der Waals surface area contributed by atoms with Gasteiger partial charge >= 0.3 is 6.18 Å². The summed E-state index contributed by atoms with van der Waals surface area (Å²) >= 11 is 0. The van der Waals surface area contributed by atoms with Gasteiger partial charge in [-0.15, -0.1) is 0 Å². The third-order valence-electron chi connectivity index (χ3n) is 5.19. The second-order valence-corrected chi connectivity index (χ2v) is 7.18. The monoisotopic (exact) mass is 371 g/mol. The van der Waals surface area contributed by atoms with E-state index in [9.17, 15) is 13.2 Å². The van der Waals surface area contributed by atoms with Gasteiger partial charge < -0.3 is 0 Å². The average molecular weight is 371 g/mol. The highest BCUT2D eigenvalue weighted by Crippen LogP contribution is 2.32. The Morgan fingerprint density at radius 3 is 2.48 bits per heavy atom. The number of hydrogen-bond acceptors (Lipinski definition) is 0. The summed E-state index contributed by atoms with van der Waals surface area (Å²) in [7, 11) is 0. The van der Waals surface area contributed by atoms with Crippen LogP contribution in [0, 0.1) is 6.92 Å². The first kappa shape index (κ1) is 17.8. The minimum Gasteiger partial charge on any atom is -0.233 e. The van der Waals surface area contributed by atoms with Crippen molar-refractivity contribution in [1.29, 1.82) is 0 Å². The van der Waals surface area contributed by atoms with Crippen LogP contribution in [-0.4, -0.2) is 4.57 Å². The van der Waals surface area contributed by atoms with E-state index in [4.69, 9.17) is 0 Å². The molecular formula is C22H22F3N2+. The van der Waals surface area contributed by atoms with Crippen molar-refractivity contribution >= 4 is 0 Å². The number of hydrogen-bond donors (Lipinski definition) is 0. The molecule has 0 saturated heterocycles. The number of aromatic nitrogens is 2. The fraction of sp³-hybridized carbons (Fsp3) is 0.318. The lowest BCUT2D eigenvalue weighted by Gasteiger charge is -2.10. The highest BCUT2D eigenvalue weighted by atomic mass is 19.4. The quantitative estimate of drug-likeness (QED) is 0.527. The first-order chi connectivity index (χ1) is 12.9. The molecule has 0 aliphatic carbocycles. The SMILES string of the molecule is Cc1ccc(-c2c[n+]3c(n2-c2cccc(C(F)(F)F)c2)CCCCC3)cc1. The maximum atomic E-state index is 13.3. The van der Waals surface area contributed by atoms with Crippen molar-refractivity contribution in [3.63, 3.8) is 0 Å². The highest BCUT2D eigenvalue weighted by molar-refractivity contribution is 5.62. The molecular weight excluding hydrogens is 349 g/mol. The lowest BCUT2D eigenvalue weighted by Crippen LogP contribution is -2.35. The normalized spacial score (nSPS) is 14.7. The van der Waals surface area contributed by atoms with Gasteiger partial charge in [0.05, 0.1) is 12.1 Å². The molecule has 0 radical (unpaired) electrons. The second kappa shape index (κ2) is 6.87. The molecule has 2 heterocycles. The summed E-state index contributed by atoms with van der Waals surface area (Å²) in [5.74, 6) is 1.07. The van der Waals surface area contributed by atoms with Gasteiger partial charge in [-0.1, -0.05) is 35.9 Å². The summed E-state index contributed by atoms with van der Waals surface area (Å²) in [4.78, 5) is 0. The van der Waals surface area contributed by atoms with Gasteiger partial charge in [-0.3, -0.25) is 0 Å². The molecule has 2 aromatic carbocycles. The minimum absolute atomic E-state index is 0.566. The molecule has 0 N–H and O–H groups in total. The van der Waals surface area contributed by atoms with Gasteiger partial charge in [-0.05, 0) is 44.4 Å². The number of aryl methyl sites for hydroxylation is 2. The Balaban J connectivity index is 1.93. The van der Waals surface area contributed by atoms with E-state index in [1.807, 2.05) is 35.8 Å². The van der Waals surface area contributed by atoms with E-state index in [0.717, 1.165) is 60.9 Å². The van der Waals surface area contributed by atoms with Crippen molar-refractivity contribution in [2.75, 3.05) is 0 Å². The molecule has 1 aliphatic heterocycles. The van der Waals surface area contributed by atoms with E-state index in [2.05, 4.69) is 10.8 Å². The number of fused-ring (bicyclic) bond motifs is 1. The minimum atomic E-state index is -4.35. The van der Waals surface area contributed by atoms with Crippen LogP contribution in [-0.2, 0) is 19.1 Å². The van der Waals surface area contributed by atoms with Crippen molar-refractivity contribution in [2.45, 2.75) is 45.3 Å². The van der Waals surface area contributed by atoms with Gasteiger partial charge in [0.2, 0.25) is 0 Å². The van der Waals surface area contributed by atoms with Crippen LogP contribution in [0.2, 0.25) is 0 Å². The fourth-order valence-electron chi connectivity index (χ4n) is 3.78. The lowest BCUT2D eigenvalue weighted by atomic mass is 10.1. The van der Waals surface area contributed by atoms with Gasteiger partial charge in [-0.2, -0.15) is 17.7 Å². The predicted octanol–water partition coefficient (Wildman–Crippen LogP) is 5.49. The molecule has 27 heavy (non-hydrogen) atoms. The largest absolute Gasteiger partial charge is 0.416 e. The van der Waals surface area contributed by atoms with Crippen molar-refractivity contribution < 1.29 is 17.7 Å². The average Bonchev–Trinajstić information content (AvgIpc) is 2.84. The highest BCUT2D eigenvalue weighted by Gasteiger charge is 2.33. The van der Waals surface area contributed by atoms with E-state index in [-0.39, 0.29) is 0 Å². The van der Waals surface area contributed by atoms with Gasteiger partial charge in [0.1, 0.15) is 11.9 Å². The summed E-state index contributed by atoms with van der Waals surface area (Å²) < 4.78 is 44.0. The molecule has 5 heteroatoms. The summed E-state index contributed by atoms with van der Waals surface area (Å²) in [6, 6.07) is 13.8. The molecule has 1 aliphatic rings. The topological polar surface area (TPSA) is 8.81 Å². The Morgan fingerprint density at radius 2 is 1.74 bits per heavy atom. The standard InChI is InChI=1S/C22H22F3N2/c1-16-9-11-17(12-10-16)20-15-26-13-4-2-3-8-21(26)27(20)19-7-5-6-18(14-19)22(23,24)25/h5-7,9-12,14-15H,2-4,8,13H2,1H3/q+1. The molecule has 3 aromatic rings. The van der Waals surface area contributed by atoms with Crippen molar-refractivity contribution in [3.8, 4) is 16.9 Å². The Morgan fingerprint density at radius 1 is 0.963 bits per heavy atom. The first-order valence-electron chi connectivity index (χ1n) is 9.32. The van der Waals surface area contributed by atoms with Crippen LogP contribution in [0.15, 0.2) is 54.7 Å². The third kappa shape index (κ3) is 3.51. The molecule has 1 aromatic heterocycles. The van der Waals surface area contributed by atoms with Gasteiger partial charge in [-0.25, -0.2) is 4.57 Å². The zero-order valence-electron chi connectivity index (χ0n) is 15.3. The number of nitrogens with zero attached hydrogens (tertiary/aromatic N) is 2. The molecule has 0 unspecified atom stereocenters. The lowest BCUT2D eigenvalue weighted by molar-refractivity contribution is -0.702. The van der Waals surface area contributed by atoms with Gasteiger partial charge in [0.25, 0.3) is 5.82 Å². The zero-order valence-corrected chi connectivity index (χ0v) is 15.3. The number of halogens is 3. The number of imidazole rings is 1. The molecule has 0 atom stereocenters. The summed E-state index contributed by atoms with van der Waals surface area (Å²) in [6.07, 6.45) is 1.89. The first-order valence-corrected chi connectivity index (χ1v) is 9.32. The molecule has 2 nitrogen and oxygen atoms in total. The summed E-state index contributed by atoms with van der Waals surface area (Å²) in [6.45, 7) is 2.93. The van der Waals surface area contributed by atoms with E-state index in [0.29, 0.717) is 5.69 Å². The van der Waals surface area contributed by atoms with Crippen LogP contribution in [0.5, 0.6) is 0 Å². The number of rotatable bonds is 2. The van der Waals surface area contributed by atoms with Crippen LogP contribution in [0.25, 0.3) is 16.9 Å². The van der Waals surface area contributed by atoms with Crippen LogP contribution in [0.3, 0.4) is 0 Å². The Labute approximate surface area is 156 Å².